The number of hydrogen-bond donors (Lipinski definition) is 1. The Hall–Kier alpha value is -0.780. The molecule has 0 amide bonds. The van der Waals surface area contributed by atoms with Crippen molar-refractivity contribution in [1.82, 2.24) is 5.32 Å². The van der Waals surface area contributed by atoms with Crippen LogP contribution in [0.25, 0.3) is 0 Å². The molecule has 1 rings (SSSR count). The molecule has 0 radical (unpaired) electrons. The van der Waals surface area contributed by atoms with E-state index in [1.807, 2.05) is 12.1 Å². The summed E-state index contributed by atoms with van der Waals surface area (Å²) in [5.41, 5.74) is 0.824. The highest BCUT2D eigenvalue weighted by molar-refractivity contribution is 6.31. The molecule has 0 aliphatic carbocycles. The van der Waals surface area contributed by atoms with Crippen molar-refractivity contribution in [1.29, 1.82) is 0 Å². The maximum Gasteiger partial charge on any atom is 0.401 e. The maximum absolute atomic E-state index is 11.8. The summed E-state index contributed by atoms with van der Waals surface area (Å²) in [6.45, 7) is -0.332. The fourth-order valence-corrected chi connectivity index (χ4v) is 1.36. The quantitative estimate of drug-likeness (QED) is 0.800. The van der Waals surface area contributed by atoms with Gasteiger partial charge >= 0.3 is 6.18 Å². The van der Waals surface area contributed by atoms with Crippen LogP contribution in [0.2, 0.25) is 5.02 Å². The molecule has 0 saturated heterocycles. The number of rotatable bonds is 6. The van der Waals surface area contributed by atoms with Gasteiger partial charge in [0.15, 0.2) is 0 Å². The number of benzene rings is 1. The van der Waals surface area contributed by atoms with Crippen molar-refractivity contribution in [2.24, 2.45) is 0 Å². The van der Waals surface area contributed by atoms with Gasteiger partial charge in [0.2, 0.25) is 0 Å². The molecule has 1 N–H and O–H groups in total. The molecule has 0 aromatic heterocycles. The fourth-order valence-electron chi connectivity index (χ4n) is 1.17. The predicted octanol–water partition coefficient (Wildman–Crippen LogP) is 3.01. The van der Waals surface area contributed by atoms with E-state index in [0.717, 1.165) is 5.56 Å². The lowest BCUT2D eigenvalue weighted by Crippen LogP contribution is -2.31. The first-order chi connectivity index (χ1) is 7.99. The second-order valence-electron chi connectivity index (χ2n) is 3.44. The van der Waals surface area contributed by atoms with E-state index in [4.69, 9.17) is 16.3 Å². The zero-order chi connectivity index (χ0) is 12.7. The Kier molecular flexibility index (Phi) is 5.74. The molecule has 17 heavy (non-hydrogen) atoms. The van der Waals surface area contributed by atoms with Crippen molar-refractivity contribution in [3.63, 3.8) is 0 Å². The molecule has 0 atom stereocenters. The monoisotopic (exact) mass is 267 g/mol. The van der Waals surface area contributed by atoms with Gasteiger partial charge in [0.05, 0.1) is 19.8 Å². The average Bonchev–Trinajstić information content (AvgIpc) is 2.24. The number of nitrogens with one attached hydrogen (secondary N) is 1. The molecule has 6 heteroatoms. The molecule has 0 aliphatic rings. The first-order valence-electron chi connectivity index (χ1n) is 5.07. The molecule has 0 saturated carbocycles. The Labute approximate surface area is 103 Å². The van der Waals surface area contributed by atoms with E-state index in [1.54, 1.807) is 12.1 Å². The van der Waals surface area contributed by atoms with E-state index in [2.05, 4.69) is 5.32 Å². The van der Waals surface area contributed by atoms with Crippen molar-refractivity contribution < 1.29 is 17.9 Å². The third-order valence-corrected chi connectivity index (χ3v) is 2.33. The predicted molar refractivity (Wildman–Crippen MR) is 60.0 cm³/mol. The van der Waals surface area contributed by atoms with Crippen LogP contribution in [0, 0.1) is 0 Å². The number of halogens is 4. The SMILES string of the molecule is FC(F)(F)CNCCOCc1ccccc1Cl. The molecule has 1 aromatic carbocycles. The maximum atomic E-state index is 11.8. The highest BCUT2D eigenvalue weighted by atomic mass is 35.5. The van der Waals surface area contributed by atoms with Crippen LogP contribution in [-0.2, 0) is 11.3 Å². The Bertz CT molecular complexity index is 344. The van der Waals surface area contributed by atoms with Gasteiger partial charge in [-0.3, -0.25) is 0 Å². The van der Waals surface area contributed by atoms with Gasteiger partial charge in [-0.25, -0.2) is 0 Å². The van der Waals surface area contributed by atoms with Crippen molar-refractivity contribution >= 4 is 11.6 Å². The summed E-state index contributed by atoms with van der Waals surface area (Å²) in [5.74, 6) is 0. The van der Waals surface area contributed by atoms with Crippen molar-refractivity contribution in [3.05, 3.63) is 34.9 Å². The lowest BCUT2D eigenvalue weighted by molar-refractivity contribution is -0.125. The second-order valence-corrected chi connectivity index (χ2v) is 3.84. The lowest BCUT2D eigenvalue weighted by Gasteiger charge is -2.09. The van der Waals surface area contributed by atoms with Gasteiger partial charge in [-0.1, -0.05) is 29.8 Å². The van der Waals surface area contributed by atoms with Crippen molar-refractivity contribution in [2.75, 3.05) is 19.7 Å². The van der Waals surface area contributed by atoms with Gasteiger partial charge in [-0.05, 0) is 11.6 Å². The molecule has 2 nitrogen and oxygen atoms in total. The molecular formula is C11H13ClF3NO. The third kappa shape index (κ3) is 6.51. The second kappa shape index (κ2) is 6.83. The molecule has 96 valence electrons. The number of hydrogen-bond acceptors (Lipinski definition) is 2. The third-order valence-electron chi connectivity index (χ3n) is 1.96. The van der Waals surface area contributed by atoms with Crippen LogP contribution in [0.1, 0.15) is 5.56 Å². The fraction of sp³-hybridized carbons (Fsp3) is 0.455. The molecule has 0 heterocycles. The molecule has 0 aliphatic heterocycles. The van der Waals surface area contributed by atoms with Gasteiger partial charge < -0.3 is 10.1 Å². The van der Waals surface area contributed by atoms with Gasteiger partial charge in [-0.15, -0.1) is 0 Å². The summed E-state index contributed by atoms with van der Waals surface area (Å²) in [4.78, 5) is 0. The minimum absolute atomic E-state index is 0.157. The minimum Gasteiger partial charge on any atom is -0.375 e. The van der Waals surface area contributed by atoms with E-state index in [1.165, 1.54) is 0 Å². The minimum atomic E-state index is -4.18. The van der Waals surface area contributed by atoms with E-state index < -0.39 is 12.7 Å². The molecule has 0 unspecified atom stereocenters. The zero-order valence-electron chi connectivity index (χ0n) is 9.06. The highest BCUT2D eigenvalue weighted by Crippen LogP contribution is 2.15. The molecule has 0 fully saturated rings. The molecule has 0 spiro atoms. The highest BCUT2D eigenvalue weighted by Gasteiger charge is 2.25. The van der Waals surface area contributed by atoms with Crippen LogP contribution in [0.5, 0.6) is 0 Å². The Balaban J connectivity index is 2.11. The van der Waals surface area contributed by atoms with Crippen LogP contribution in [0.3, 0.4) is 0 Å². The van der Waals surface area contributed by atoms with Gasteiger partial charge in [0.25, 0.3) is 0 Å². The van der Waals surface area contributed by atoms with Crippen LogP contribution in [0.15, 0.2) is 24.3 Å². The van der Waals surface area contributed by atoms with Crippen LogP contribution in [0.4, 0.5) is 13.2 Å². The topological polar surface area (TPSA) is 21.3 Å². The smallest absolute Gasteiger partial charge is 0.375 e. The Morgan fingerprint density at radius 2 is 1.94 bits per heavy atom. The first kappa shape index (κ1) is 14.3. The normalized spacial score (nSPS) is 11.8. The van der Waals surface area contributed by atoms with E-state index in [9.17, 15) is 13.2 Å². The number of alkyl halides is 3. The van der Waals surface area contributed by atoms with Gasteiger partial charge in [0, 0.05) is 11.6 Å². The molecular weight excluding hydrogens is 255 g/mol. The summed E-state index contributed by atoms with van der Waals surface area (Å²) in [6.07, 6.45) is -4.18. The standard InChI is InChI=1S/C11H13ClF3NO/c12-10-4-2-1-3-9(10)7-17-6-5-16-8-11(13,14)15/h1-4,16H,5-8H2. The molecule has 1 aromatic rings. The summed E-state index contributed by atoms with van der Waals surface area (Å²) < 4.78 is 40.5. The summed E-state index contributed by atoms with van der Waals surface area (Å²) in [6, 6.07) is 7.18. The first-order valence-corrected chi connectivity index (χ1v) is 5.45. The summed E-state index contributed by atoms with van der Waals surface area (Å²) in [5, 5.41) is 2.84. The zero-order valence-corrected chi connectivity index (χ0v) is 9.81. The van der Waals surface area contributed by atoms with Gasteiger partial charge in [0.1, 0.15) is 0 Å². The van der Waals surface area contributed by atoms with E-state index in [0.29, 0.717) is 11.6 Å². The Morgan fingerprint density at radius 3 is 2.59 bits per heavy atom. The van der Waals surface area contributed by atoms with Gasteiger partial charge in [-0.2, -0.15) is 13.2 Å². The number of ether oxygens (including phenoxy) is 1. The van der Waals surface area contributed by atoms with Crippen LogP contribution < -0.4 is 5.32 Å². The summed E-state index contributed by atoms with van der Waals surface area (Å²) in [7, 11) is 0. The molecule has 0 bridgehead atoms. The largest absolute Gasteiger partial charge is 0.401 e. The lowest BCUT2D eigenvalue weighted by atomic mass is 10.2. The van der Waals surface area contributed by atoms with Crippen molar-refractivity contribution in [3.8, 4) is 0 Å². The van der Waals surface area contributed by atoms with E-state index >= 15 is 0 Å². The van der Waals surface area contributed by atoms with E-state index in [-0.39, 0.29) is 13.2 Å². The van der Waals surface area contributed by atoms with Crippen LogP contribution in [-0.4, -0.2) is 25.9 Å². The Morgan fingerprint density at radius 1 is 1.24 bits per heavy atom. The van der Waals surface area contributed by atoms with Crippen LogP contribution >= 0.6 is 11.6 Å². The average molecular weight is 268 g/mol. The van der Waals surface area contributed by atoms with Crippen molar-refractivity contribution in [2.45, 2.75) is 12.8 Å². The summed E-state index contributed by atoms with van der Waals surface area (Å²) >= 11 is 5.88.